The van der Waals surface area contributed by atoms with E-state index in [1.807, 2.05) is 18.2 Å². The van der Waals surface area contributed by atoms with Crippen LogP contribution < -0.4 is 14.8 Å². The first-order valence-electron chi connectivity index (χ1n) is 9.05. The maximum Gasteiger partial charge on any atom is 0.335 e. The molecule has 0 spiro atoms. The summed E-state index contributed by atoms with van der Waals surface area (Å²) in [7, 11) is 3.26. The molecule has 28 heavy (non-hydrogen) atoms. The number of methoxy groups -OCH3 is 2. The van der Waals surface area contributed by atoms with E-state index in [0.29, 0.717) is 25.6 Å². The second kappa shape index (κ2) is 8.65. The van der Waals surface area contributed by atoms with Gasteiger partial charge in [0.25, 0.3) is 0 Å². The largest absolute Gasteiger partial charge is 0.497 e. The lowest BCUT2D eigenvalue weighted by Gasteiger charge is -2.39. The summed E-state index contributed by atoms with van der Waals surface area (Å²) >= 11 is 0. The first-order chi connectivity index (χ1) is 13.5. The van der Waals surface area contributed by atoms with Gasteiger partial charge in [-0.1, -0.05) is 12.1 Å². The Labute approximate surface area is 163 Å². The van der Waals surface area contributed by atoms with Crippen LogP contribution in [0.25, 0.3) is 0 Å². The molecule has 148 valence electrons. The average Bonchev–Trinajstić information content (AvgIpc) is 2.68. The normalized spacial score (nSPS) is 13.6. The molecule has 1 aliphatic rings. The Hall–Kier alpha value is -3.22. The number of amides is 2. The third kappa shape index (κ3) is 4.73. The smallest absolute Gasteiger partial charge is 0.335 e. The lowest BCUT2D eigenvalue weighted by atomic mass is 9.92. The molecule has 1 aliphatic heterocycles. The van der Waals surface area contributed by atoms with Crippen molar-refractivity contribution in [2.75, 3.05) is 27.3 Å². The molecule has 7 nitrogen and oxygen atoms in total. The number of nitrogens with one attached hydrogen (secondary N) is 1. The van der Waals surface area contributed by atoms with Crippen molar-refractivity contribution in [1.82, 2.24) is 10.2 Å². The zero-order valence-corrected chi connectivity index (χ0v) is 16.0. The van der Waals surface area contributed by atoms with Gasteiger partial charge in [0.1, 0.15) is 11.5 Å². The second-order valence-corrected chi connectivity index (χ2v) is 6.86. The molecular formula is C21H24N2O5. The van der Waals surface area contributed by atoms with Crippen molar-refractivity contribution in [2.24, 2.45) is 5.92 Å². The van der Waals surface area contributed by atoms with Crippen LogP contribution in [0.4, 0.5) is 4.79 Å². The van der Waals surface area contributed by atoms with Gasteiger partial charge in [-0.2, -0.15) is 0 Å². The van der Waals surface area contributed by atoms with Crippen LogP contribution in [0.3, 0.4) is 0 Å². The van der Waals surface area contributed by atoms with E-state index in [4.69, 9.17) is 14.6 Å². The molecule has 0 radical (unpaired) electrons. The summed E-state index contributed by atoms with van der Waals surface area (Å²) in [5.41, 5.74) is 2.22. The Kier molecular flexibility index (Phi) is 6.03. The second-order valence-electron chi connectivity index (χ2n) is 6.86. The number of hydrogen-bond acceptors (Lipinski definition) is 4. The Morgan fingerprint density at radius 1 is 1.04 bits per heavy atom. The number of nitrogens with zero attached hydrogens (tertiary/aromatic N) is 1. The highest BCUT2D eigenvalue weighted by molar-refractivity contribution is 5.87. The number of aromatic carboxylic acids is 1. The highest BCUT2D eigenvalue weighted by atomic mass is 16.5. The Morgan fingerprint density at radius 3 is 2.18 bits per heavy atom. The summed E-state index contributed by atoms with van der Waals surface area (Å²) in [4.78, 5) is 24.9. The highest BCUT2D eigenvalue weighted by Crippen LogP contribution is 2.27. The van der Waals surface area contributed by atoms with Gasteiger partial charge in [0.2, 0.25) is 0 Å². The molecule has 0 bridgehead atoms. The molecule has 2 aromatic rings. The van der Waals surface area contributed by atoms with Gasteiger partial charge in [-0.3, -0.25) is 0 Å². The van der Waals surface area contributed by atoms with E-state index in [2.05, 4.69) is 5.32 Å². The number of carboxylic acids is 1. The maximum atomic E-state index is 12.3. The summed E-state index contributed by atoms with van der Waals surface area (Å²) in [5.74, 6) is 0.961. The minimum Gasteiger partial charge on any atom is -0.497 e. The number of hydrogen-bond donors (Lipinski definition) is 2. The van der Waals surface area contributed by atoms with E-state index >= 15 is 0 Å². The van der Waals surface area contributed by atoms with Crippen LogP contribution in [0, 0.1) is 5.92 Å². The van der Waals surface area contributed by atoms with Crippen molar-refractivity contribution >= 4 is 12.0 Å². The number of urea groups is 1. The maximum absolute atomic E-state index is 12.3. The molecule has 0 saturated carbocycles. The van der Waals surface area contributed by atoms with Crippen molar-refractivity contribution in [3.63, 3.8) is 0 Å². The van der Waals surface area contributed by atoms with Crippen LogP contribution in [0.1, 0.15) is 21.5 Å². The minimum absolute atomic E-state index is 0.109. The number of carbonyl (C=O) groups excluding carboxylic acids is 1. The molecule has 1 fully saturated rings. The van der Waals surface area contributed by atoms with Crippen LogP contribution in [0.15, 0.2) is 42.5 Å². The fourth-order valence-corrected chi connectivity index (χ4v) is 3.24. The van der Waals surface area contributed by atoms with Crippen LogP contribution in [0.2, 0.25) is 0 Å². The molecule has 1 saturated heterocycles. The van der Waals surface area contributed by atoms with E-state index in [-0.39, 0.29) is 11.6 Å². The van der Waals surface area contributed by atoms with Crippen molar-refractivity contribution in [2.45, 2.75) is 13.0 Å². The first kappa shape index (κ1) is 19.5. The molecule has 7 heteroatoms. The number of carboxylic acid groups (broad SMARTS) is 1. The van der Waals surface area contributed by atoms with Gasteiger partial charge >= 0.3 is 12.0 Å². The molecule has 3 rings (SSSR count). The molecule has 0 aromatic heterocycles. The molecule has 2 aromatic carbocycles. The first-order valence-corrected chi connectivity index (χ1v) is 9.05. The van der Waals surface area contributed by atoms with E-state index < -0.39 is 5.97 Å². The minimum atomic E-state index is -0.962. The predicted octanol–water partition coefficient (Wildman–Crippen LogP) is 2.79. The number of rotatable bonds is 7. The van der Waals surface area contributed by atoms with Crippen LogP contribution in [-0.2, 0) is 13.0 Å². The van der Waals surface area contributed by atoms with E-state index in [1.54, 1.807) is 31.3 Å². The van der Waals surface area contributed by atoms with Gasteiger partial charge in [0.05, 0.1) is 19.8 Å². The van der Waals surface area contributed by atoms with Crippen molar-refractivity contribution in [3.8, 4) is 11.5 Å². The average molecular weight is 384 g/mol. The van der Waals surface area contributed by atoms with Gasteiger partial charge in [-0.05, 0) is 47.7 Å². The van der Waals surface area contributed by atoms with Gasteiger partial charge in [-0.25, -0.2) is 9.59 Å². The summed E-state index contributed by atoms with van der Waals surface area (Å²) in [6, 6.07) is 12.2. The Balaban J connectivity index is 1.45. The monoisotopic (exact) mass is 384 g/mol. The fraction of sp³-hybridized carbons (Fsp3) is 0.333. The van der Waals surface area contributed by atoms with Crippen LogP contribution in [0.5, 0.6) is 11.5 Å². The molecule has 1 heterocycles. The van der Waals surface area contributed by atoms with Gasteiger partial charge in [-0.15, -0.1) is 0 Å². The number of ether oxygens (including phenoxy) is 2. The number of carbonyl (C=O) groups is 2. The molecule has 2 N–H and O–H groups in total. The number of benzene rings is 2. The van der Waals surface area contributed by atoms with Gasteiger partial charge < -0.3 is 24.8 Å². The zero-order chi connectivity index (χ0) is 20.1. The van der Waals surface area contributed by atoms with Crippen molar-refractivity contribution in [1.29, 1.82) is 0 Å². The van der Waals surface area contributed by atoms with Crippen molar-refractivity contribution < 1.29 is 24.2 Å². The summed E-state index contributed by atoms with van der Waals surface area (Å²) in [6.07, 6.45) is 0.855. The Bertz CT molecular complexity index is 822. The molecular weight excluding hydrogens is 360 g/mol. The quantitative estimate of drug-likeness (QED) is 0.766. The lowest BCUT2D eigenvalue weighted by Crippen LogP contribution is -2.54. The summed E-state index contributed by atoms with van der Waals surface area (Å²) in [5, 5.41) is 11.8. The van der Waals surface area contributed by atoms with Crippen LogP contribution in [-0.4, -0.2) is 49.3 Å². The van der Waals surface area contributed by atoms with E-state index in [1.165, 1.54) is 12.1 Å². The van der Waals surface area contributed by atoms with Gasteiger partial charge in [0, 0.05) is 25.7 Å². The molecule has 0 aliphatic carbocycles. The SMILES string of the molecule is COc1cc(CC2CN(C(=O)NCc3ccc(C(=O)O)cc3)C2)cc(OC)c1. The third-order valence-corrected chi connectivity index (χ3v) is 4.82. The number of likely N-dealkylation sites (tertiary alicyclic amines) is 1. The third-order valence-electron chi connectivity index (χ3n) is 4.82. The predicted molar refractivity (Wildman–Crippen MR) is 104 cm³/mol. The van der Waals surface area contributed by atoms with E-state index in [0.717, 1.165) is 29.0 Å². The fourth-order valence-electron chi connectivity index (χ4n) is 3.24. The Morgan fingerprint density at radius 2 is 1.64 bits per heavy atom. The standard InChI is InChI=1S/C21H24N2O5/c1-27-18-8-15(9-19(10-18)28-2)7-16-12-23(13-16)21(26)22-11-14-3-5-17(6-4-14)20(24)25/h3-6,8-10,16H,7,11-13H2,1-2H3,(H,22,26)(H,24,25). The summed E-state index contributed by atoms with van der Waals surface area (Å²) in [6.45, 7) is 1.76. The van der Waals surface area contributed by atoms with Gasteiger partial charge in [0.15, 0.2) is 0 Å². The molecule has 0 atom stereocenters. The van der Waals surface area contributed by atoms with Crippen LogP contribution >= 0.6 is 0 Å². The zero-order valence-electron chi connectivity index (χ0n) is 16.0. The molecule has 0 unspecified atom stereocenters. The highest BCUT2D eigenvalue weighted by Gasteiger charge is 2.30. The summed E-state index contributed by atoms with van der Waals surface area (Å²) < 4.78 is 10.6. The topological polar surface area (TPSA) is 88.1 Å². The molecule has 2 amide bonds. The van der Waals surface area contributed by atoms with E-state index in [9.17, 15) is 9.59 Å². The van der Waals surface area contributed by atoms with Crippen molar-refractivity contribution in [3.05, 3.63) is 59.2 Å². The lowest BCUT2D eigenvalue weighted by molar-refractivity contribution is 0.0696.